The van der Waals surface area contributed by atoms with Gasteiger partial charge in [0.25, 0.3) is 15.9 Å². The number of fused-ring (bicyclic) bond motifs is 4. The summed E-state index contributed by atoms with van der Waals surface area (Å²) >= 11 is 0. The van der Waals surface area contributed by atoms with Crippen molar-refractivity contribution in [2.75, 3.05) is 11.3 Å². The molecular formula is C30H36N4O4S. The lowest BCUT2D eigenvalue weighted by Gasteiger charge is -2.44. The minimum atomic E-state index is -4.07. The predicted molar refractivity (Wildman–Crippen MR) is 151 cm³/mol. The molecule has 39 heavy (non-hydrogen) atoms. The molecule has 0 radical (unpaired) electrons. The molecule has 1 aromatic heterocycles. The number of benzene rings is 2. The molecule has 1 amide bonds. The van der Waals surface area contributed by atoms with Crippen LogP contribution in [0, 0.1) is 25.2 Å². The Bertz CT molecular complexity index is 1500. The zero-order chi connectivity index (χ0) is 28.0. The van der Waals surface area contributed by atoms with Crippen molar-refractivity contribution in [3.05, 3.63) is 65.2 Å². The van der Waals surface area contributed by atoms with Crippen molar-refractivity contribution in [1.82, 2.24) is 15.3 Å². The quantitative estimate of drug-likeness (QED) is 0.406. The van der Waals surface area contributed by atoms with Crippen LogP contribution in [0.3, 0.4) is 0 Å². The first kappa shape index (κ1) is 27.1. The molecule has 2 aliphatic rings. The highest BCUT2D eigenvalue weighted by Crippen LogP contribution is 2.42. The van der Waals surface area contributed by atoms with Crippen LogP contribution in [0.15, 0.2) is 53.4 Å². The Balaban J connectivity index is 1.61. The minimum Gasteiger partial charge on any atom is -0.475 e. The lowest BCUT2D eigenvalue weighted by molar-refractivity contribution is 0.0613. The highest BCUT2D eigenvalue weighted by atomic mass is 32.2. The Morgan fingerprint density at radius 3 is 2.31 bits per heavy atom. The van der Waals surface area contributed by atoms with Crippen molar-refractivity contribution in [2.24, 2.45) is 11.3 Å². The number of hydrogen-bond donors (Lipinski definition) is 2. The van der Waals surface area contributed by atoms with E-state index in [9.17, 15) is 13.2 Å². The number of hydrogen-bond acceptors (Lipinski definition) is 6. The van der Waals surface area contributed by atoms with Crippen molar-refractivity contribution >= 4 is 21.9 Å². The van der Waals surface area contributed by atoms with Crippen LogP contribution in [-0.2, 0) is 10.0 Å². The summed E-state index contributed by atoms with van der Waals surface area (Å²) < 4.78 is 35.4. The molecule has 1 aliphatic carbocycles. The number of nitrogens with one attached hydrogen (secondary N) is 2. The van der Waals surface area contributed by atoms with E-state index >= 15 is 0 Å². The molecule has 4 bridgehead atoms. The molecule has 8 nitrogen and oxygen atoms in total. The molecule has 2 heterocycles. The van der Waals surface area contributed by atoms with E-state index in [2.05, 4.69) is 40.8 Å². The van der Waals surface area contributed by atoms with Crippen LogP contribution in [0.2, 0.25) is 0 Å². The summed E-state index contributed by atoms with van der Waals surface area (Å²) in [6, 6.07) is 13.7. The van der Waals surface area contributed by atoms with Gasteiger partial charge in [-0.05, 0) is 80.2 Å². The third-order valence-corrected chi connectivity index (χ3v) is 9.44. The maximum Gasteiger partial charge on any atom is 0.264 e. The molecule has 1 saturated carbocycles. The van der Waals surface area contributed by atoms with Gasteiger partial charge in [-0.1, -0.05) is 45.0 Å². The van der Waals surface area contributed by atoms with E-state index in [0.717, 1.165) is 42.4 Å². The maximum absolute atomic E-state index is 13.4. The first-order chi connectivity index (χ1) is 18.4. The van der Waals surface area contributed by atoms with Gasteiger partial charge in [0.1, 0.15) is 6.61 Å². The van der Waals surface area contributed by atoms with E-state index in [1.807, 2.05) is 32.0 Å². The Hall–Kier alpha value is -3.46. The fraction of sp³-hybridized carbons (Fsp3) is 0.433. The number of anilines is 1. The van der Waals surface area contributed by atoms with Gasteiger partial charge in [0.15, 0.2) is 0 Å². The molecule has 0 atom stereocenters. The Morgan fingerprint density at radius 1 is 0.974 bits per heavy atom. The second kappa shape index (κ2) is 9.93. The van der Waals surface area contributed by atoms with Crippen molar-refractivity contribution < 1.29 is 17.9 Å². The summed E-state index contributed by atoms with van der Waals surface area (Å²) in [5.41, 5.74) is 3.30. The number of carbonyl (C=O) groups is 1. The van der Waals surface area contributed by atoms with E-state index in [1.54, 1.807) is 18.2 Å². The van der Waals surface area contributed by atoms with Gasteiger partial charge in [0, 0.05) is 17.2 Å². The van der Waals surface area contributed by atoms with Gasteiger partial charge in [-0.2, -0.15) is 4.98 Å². The standard InChI is InChI=1S/C30H36N4O4S/c1-19-8-6-9-20(2)26(19)24-17-25-32-28(31-24)34-39(36,37)23-11-7-10-21(16-23)27(35)33-30(18-38-25)14-12-22(13-15-30)29(3,4)5/h6-11,16-17,22H,12-15,18H2,1-5H3,(H,33,35)(H,31,32,34). The zero-order valence-corrected chi connectivity index (χ0v) is 24.0. The third kappa shape index (κ3) is 5.64. The summed E-state index contributed by atoms with van der Waals surface area (Å²) in [6.45, 7) is 11.0. The molecule has 0 unspecified atom stereocenters. The zero-order valence-electron chi connectivity index (χ0n) is 23.2. The molecule has 1 spiro atoms. The average Bonchev–Trinajstić information content (AvgIpc) is 2.87. The van der Waals surface area contributed by atoms with Crippen molar-refractivity contribution in [2.45, 2.75) is 70.7 Å². The van der Waals surface area contributed by atoms with Gasteiger partial charge < -0.3 is 10.1 Å². The van der Waals surface area contributed by atoms with E-state index in [1.165, 1.54) is 12.1 Å². The van der Waals surface area contributed by atoms with Crippen LogP contribution in [0.4, 0.5) is 5.95 Å². The van der Waals surface area contributed by atoms with Gasteiger partial charge in [0.05, 0.1) is 16.1 Å². The molecule has 0 saturated heterocycles. The second-order valence-corrected chi connectivity index (χ2v) is 13.7. The number of aromatic nitrogens is 2. The summed E-state index contributed by atoms with van der Waals surface area (Å²) in [6.07, 6.45) is 3.40. The van der Waals surface area contributed by atoms with Gasteiger partial charge in [-0.15, -0.1) is 0 Å². The van der Waals surface area contributed by atoms with Crippen LogP contribution < -0.4 is 14.8 Å². The highest BCUT2D eigenvalue weighted by molar-refractivity contribution is 7.92. The molecule has 2 aromatic carbocycles. The lowest BCUT2D eigenvalue weighted by atomic mass is 9.67. The lowest BCUT2D eigenvalue weighted by Crippen LogP contribution is -2.55. The van der Waals surface area contributed by atoms with Crippen LogP contribution in [-0.4, -0.2) is 36.4 Å². The summed E-state index contributed by atoms with van der Waals surface area (Å²) in [5.74, 6) is 0.374. The molecule has 3 aromatic rings. The minimum absolute atomic E-state index is 0.0385. The maximum atomic E-state index is 13.4. The van der Waals surface area contributed by atoms with Crippen LogP contribution in [0.5, 0.6) is 5.88 Å². The first-order valence-corrected chi connectivity index (χ1v) is 14.9. The monoisotopic (exact) mass is 548 g/mol. The predicted octanol–water partition coefficient (Wildman–Crippen LogP) is 5.66. The van der Waals surface area contributed by atoms with Crippen molar-refractivity contribution in [3.8, 4) is 17.1 Å². The molecule has 1 aliphatic heterocycles. The molecule has 1 fully saturated rings. The number of rotatable bonds is 1. The molecular weight excluding hydrogens is 512 g/mol. The van der Waals surface area contributed by atoms with Crippen LogP contribution >= 0.6 is 0 Å². The number of ether oxygens (including phenoxy) is 1. The number of amides is 1. The van der Waals surface area contributed by atoms with E-state index in [-0.39, 0.29) is 40.2 Å². The Morgan fingerprint density at radius 2 is 1.64 bits per heavy atom. The third-order valence-electron chi connectivity index (χ3n) is 8.11. The average molecular weight is 549 g/mol. The fourth-order valence-corrected chi connectivity index (χ4v) is 6.73. The topological polar surface area (TPSA) is 110 Å². The Labute approximate surface area is 230 Å². The SMILES string of the molecule is Cc1cccc(C)c1-c1cc2nc(n1)NS(=O)(=O)c1cccc(c1)C(=O)NC1(CCC(C(C)(C)C)CC1)CO2. The summed E-state index contributed by atoms with van der Waals surface area (Å²) in [5, 5.41) is 3.23. The molecule has 2 N–H and O–H groups in total. The van der Waals surface area contributed by atoms with E-state index in [4.69, 9.17) is 4.74 Å². The molecule has 9 heteroatoms. The summed E-state index contributed by atoms with van der Waals surface area (Å²) in [7, 11) is -4.07. The number of nitrogens with zero attached hydrogens (tertiary/aromatic N) is 2. The van der Waals surface area contributed by atoms with Crippen LogP contribution in [0.1, 0.15) is 67.9 Å². The number of carbonyl (C=O) groups excluding carboxylic acids is 1. The van der Waals surface area contributed by atoms with Crippen LogP contribution in [0.25, 0.3) is 11.3 Å². The van der Waals surface area contributed by atoms with Crippen molar-refractivity contribution in [3.63, 3.8) is 0 Å². The van der Waals surface area contributed by atoms with Gasteiger partial charge >= 0.3 is 0 Å². The normalized spacial score (nSPS) is 22.9. The number of sulfonamides is 1. The number of aryl methyl sites for hydroxylation is 2. The first-order valence-electron chi connectivity index (χ1n) is 13.4. The smallest absolute Gasteiger partial charge is 0.264 e. The highest BCUT2D eigenvalue weighted by Gasteiger charge is 2.41. The Kier molecular flexibility index (Phi) is 6.91. The molecule has 5 rings (SSSR count). The summed E-state index contributed by atoms with van der Waals surface area (Å²) in [4.78, 5) is 22.4. The van der Waals surface area contributed by atoms with Gasteiger partial charge in [-0.3, -0.25) is 4.79 Å². The molecule has 206 valence electrons. The van der Waals surface area contributed by atoms with Gasteiger partial charge in [0.2, 0.25) is 11.8 Å². The fourth-order valence-electron chi connectivity index (χ4n) is 5.74. The van der Waals surface area contributed by atoms with E-state index < -0.39 is 15.6 Å². The van der Waals surface area contributed by atoms with Crippen molar-refractivity contribution in [1.29, 1.82) is 0 Å². The van der Waals surface area contributed by atoms with E-state index in [0.29, 0.717) is 11.6 Å². The largest absolute Gasteiger partial charge is 0.475 e. The second-order valence-electron chi connectivity index (χ2n) is 12.0. The van der Waals surface area contributed by atoms with Gasteiger partial charge in [-0.25, -0.2) is 18.1 Å².